The molecule has 1 aromatic carbocycles. The van der Waals surface area contributed by atoms with Gasteiger partial charge in [0.15, 0.2) is 0 Å². The molecule has 1 amide bonds. The summed E-state index contributed by atoms with van der Waals surface area (Å²) < 4.78 is 1.02. The van der Waals surface area contributed by atoms with Gasteiger partial charge in [0.2, 0.25) is 0 Å². The zero-order chi connectivity index (χ0) is 11.5. The van der Waals surface area contributed by atoms with Crippen LogP contribution in [0.1, 0.15) is 9.67 Å². The van der Waals surface area contributed by atoms with E-state index in [1.165, 1.54) is 11.3 Å². The van der Waals surface area contributed by atoms with E-state index in [9.17, 15) is 4.79 Å². The van der Waals surface area contributed by atoms with Crippen LogP contribution in [0.5, 0.6) is 0 Å². The Bertz CT molecular complexity index is 524. The summed E-state index contributed by atoms with van der Waals surface area (Å²) in [7, 11) is 0. The van der Waals surface area contributed by atoms with Crippen molar-refractivity contribution in [2.24, 2.45) is 0 Å². The van der Waals surface area contributed by atoms with E-state index in [2.05, 4.69) is 40.5 Å². The quantitative estimate of drug-likeness (QED) is 0.617. The van der Waals surface area contributed by atoms with Crippen molar-refractivity contribution in [2.75, 3.05) is 5.32 Å². The van der Waals surface area contributed by atoms with Gasteiger partial charge in [-0.05, 0) is 40.8 Å². The first-order valence-electron chi connectivity index (χ1n) is 4.50. The fourth-order valence-corrected chi connectivity index (χ4v) is 2.76. The van der Waals surface area contributed by atoms with Crippen LogP contribution in [-0.4, -0.2) is 5.91 Å². The first-order chi connectivity index (χ1) is 7.66. The van der Waals surface area contributed by atoms with Gasteiger partial charge in [-0.3, -0.25) is 4.79 Å². The average Bonchev–Trinajstić information content (AvgIpc) is 2.68. The molecule has 0 aliphatic rings. The van der Waals surface area contributed by atoms with Crippen molar-refractivity contribution in [2.45, 2.75) is 4.90 Å². The number of hydrogen-bond donors (Lipinski definition) is 2. The highest BCUT2D eigenvalue weighted by atomic mass is 127. The summed E-state index contributed by atoms with van der Waals surface area (Å²) in [6.45, 7) is 0. The molecule has 0 aliphatic carbocycles. The molecule has 16 heavy (non-hydrogen) atoms. The van der Waals surface area contributed by atoms with Gasteiger partial charge in [-0.2, -0.15) is 0 Å². The van der Waals surface area contributed by atoms with Crippen molar-refractivity contribution in [3.8, 4) is 0 Å². The molecular formula is C11H8INOS2. The number of carbonyl (C=O) groups excluding carboxylic acids is 1. The topological polar surface area (TPSA) is 29.1 Å². The third-order valence-corrected chi connectivity index (χ3v) is 4.23. The average molecular weight is 361 g/mol. The molecule has 0 unspecified atom stereocenters. The van der Waals surface area contributed by atoms with E-state index >= 15 is 0 Å². The van der Waals surface area contributed by atoms with Gasteiger partial charge in [0.05, 0.1) is 10.6 Å². The smallest absolute Gasteiger partial charge is 0.265 e. The SMILES string of the molecule is O=C(Nc1ccccc1I)c1cc(S)cs1. The number of benzene rings is 1. The fraction of sp³-hybridized carbons (Fsp3) is 0. The highest BCUT2D eigenvalue weighted by molar-refractivity contribution is 14.1. The molecule has 0 atom stereocenters. The molecular weight excluding hydrogens is 353 g/mol. The largest absolute Gasteiger partial charge is 0.320 e. The van der Waals surface area contributed by atoms with Crippen LogP contribution in [0.2, 0.25) is 0 Å². The lowest BCUT2D eigenvalue weighted by Crippen LogP contribution is -2.10. The molecule has 2 rings (SSSR count). The molecule has 0 saturated heterocycles. The lowest BCUT2D eigenvalue weighted by Gasteiger charge is -2.05. The Hall–Kier alpha value is -0.530. The van der Waals surface area contributed by atoms with Crippen molar-refractivity contribution in [1.82, 2.24) is 0 Å². The molecule has 0 fully saturated rings. The van der Waals surface area contributed by atoms with E-state index in [1.807, 2.05) is 29.6 Å². The van der Waals surface area contributed by atoms with Crippen molar-refractivity contribution < 1.29 is 4.79 Å². The molecule has 0 saturated carbocycles. The minimum absolute atomic E-state index is 0.0885. The van der Waals surface area contributed by atoms with Crippen LogP contribution in [0.25, 0.3) is 0 Å². The highest BCUT2D eigenvalue weighted by Gasteiger charge is 2.09. The van der Waals surface area contributed by atoms with E-state index < -0.39 is 0 Å². The van der Waals surface area contributed by atoms with Crippen molar-refractivity contribution in [1.29, 1.82) is 0 Å². The Morgan fingerprint density at radius 2 is 2.12 bits per heavy atom. The zero-order valence-corrected chi connectivity index (χ0v) is 12.0. The lowest BCUT2D eigenvalue weighted by atomic mass is 10.3. The summed E-state index contributed by atoms with van der Waals surface area (Å²) in [5.41, 5.74) is 0.835. The summed E-state index contributed by atoms with van der Waals surface area (Å²) in [6, 6.07) is 9.44. The predicted molar refractivity (Wildman–Crippen MR) is 78.7 cm³/mol. The molecule has 0 radical (unpaired) electrons. The molecule has 5 heteroatoms. The minimum atomic E-state index is -0.0885. The molecule has 1 heterocycles. The second-order valence-electron chi connectivity index (χ2n) is 3.10. The number of para-hydroxylation sites is 1. The predicted octanol–water partition coefficient (Wildman–Crippen LogP) is 3.89. The van der Waals surface area contributed by atoms with Crippen molar-refractivity contribution in [3.05, 3.63) is 44.2 Å². The van der Waals surface area contributed by atoms with Gasteiger partial charge < -0.3 is 5.32 Å². The van der Waals surface area contributed by atoms with Crippen molar-refractivity contribution >= 4 is 58.2 Å². The second kappa shape index (κ2) is 5.20. The van der Waals surface area contributed by atoms with Crippen LogP contribution in [0, 0.1) is 3.57 Å². The van der Waals surface area contributed by atoms with Crippen molar-refractivity contribution in [3.63, 3.8) is 0 Å². The van der Waals surface area contributed by atoms with Gasteiger partial charge in [0, 0.05) is 13.8 Å². The fourth-order valence-electron chi connectivity index (χ4n) is 1.19. The number of thiol groups is 1. The maximum absolute atomic E-state index is 11.8. The first kappa shape index (κ1) is 11.9. The minimum Gasteiger partial charge on any atom is -0.320 e. The summed E-state index contributed by atoms with van der Waals surface area (Å²) in [5, 5.41) is 4.71. The number of amides is 1. The van der Waals surface area contributed by atoms with Gasteiger partial charge in [-0.1, -0.05) is 12.1 Å². The number of hydrogen-bond acceptors (Lipinski definition) is 3. The molecule has 1 N–H and O–H groups in total. The molecule has 0 aliphatic heterocycles. The van der Waals surface area contributed by atoms with Gasteiger partial charge in [-0.15, -0.1) is 24.0 Å². The number of rotatable bonds is 2. The standard InChI is InChI=1S/C11H8INOS2/c12-8-3-1-2-4-9(8)13-11(14)10-5-7(15)6-16-10/h1-6,15H,(H,13,14). The summed E-state index contributed by atoms with van der Waals surface area (Å²) >= 11 is 7.76. The molecule has 82 valence electrons. The monoisotopic (exact) mass is 361 g/mol. The van der Waals surface area contributed by atoms with Crippen LogP contribution in [0.4, 0.5) is 5.69 Å². The van der Waals surface area contributed by atoms with E-state index in [-0.39, 0.29) is 5.91 Å². The Morgan fingerprint density at radius 1 is 1.38 bits per heavy atom. The van der Waals surface area contributed by atoms with E-state index in [0.29, 0.717) is 4.88 Å². The Balaban J connectivity index is 2.17. The number of carbonyl (C=O) groups is 1. The Kier molecular flexibility index (Phi) is 3.88. The van der Waals surface area contributed by atoms with Crippen LogP contribution >= 0.6 is 46.6 Å². The van der Waals surface area contributed by atoms with E-state index in [0.717, 1.165) is 14.2 Å². The highest BCUT2D eigenvalue weighted by Crippen LogP contribution is 2.21. The number of nitrogens with one attached hydrogen (secondary N) is 1. The summed E-state index contributed by atoms with van der Waals surface area (Å²) in [4.78, 5) is 13.3. The normalized spacial score (nSPS) is 10.1. The maximum Gasteiger partial charge on any atom is 0.265 e. The van der Waals surface area contributed by atoms with Crippen LogP contribution in [0.3, 0.4) is 0 Å². The number of anilines is 1. The van der Waals surface area contributed by atoms with Crippen LogP contribution in [0.15, 0.2) is 40.6 Å². The zero-order valence-electron chi connectivity index (χ0n) is 8.11. The summed E-state index contributed by atoms with van der Waals surface area (Å²) in [6.07, 6.45) is 0. The van der Waals surface area contributed by atoms with Gasteiger partial charge in [0.25, 0.3) is 5.91 Å². The molecule has 0 bridgehead atoms. The number of halogens is 1. The number of thiophene rings is 1. The Morgan fingerprint density at radius 3 is 2.75 bits per heavy atom. The molecule has 1 aromatic heterocycles. The van der Waals surface area contributed by atoms with Gasteiger partial charge in [0.1, 0.15) is 0 Å². The second-order valence-corrected chi connectivity index (χ2v) is 5.69. The van der Waals surface area contributed by atoms with Crippen LogP contribution < -0.4 is 5.32 Å². The first-order valence-corrected chi connectivity index (χ1v) is 6.91. The van der Waals surface area contributed by atoms with E-state index in [1.54, 1.807) is 6.07 Å². The molecule has 0 spiro atoms. The third-order valence-electron chi connectivity index (χ3n) is 1.93. The lowest BCUT2D eigenvalue weighted by molar-refractivity contribution is 0.103. The van der Waals surface area contributed by atoms with Gasteiger partial charge >= 0.3 is 0 Å². The van der Waals surface area contributed by atoms with Crippen LogP contribution in [-0.2, 0) is 0 Å². The molecule has 2 nitrogen and oxygen atoms in total. The maximum atomic E-state index is 11.8. The summed E-state index contributed by atoms with van der Waals surface area (Å²) in [5.74, 6) is -0.0885. The van der Waals surface area contributed by atoms with E-state index in [4.69, 9.17) is 0 Å². The molecule has 2 aromatic rings. The third kappa shape index (κ3) is 2.78. The Labute approximate surface area is 117 Å². The van der Waals surface area contributed by atoms with Gasteiger partial charge in [-0.25, -0.2) is 0 Å².